The lowest BCUT2D eigenvalue weighted by atomic mass is 10.4. The highest BCUT2D eigenvalue weighted by Gasteiger charge is 1.93. The summed E-state index contributed by atoms with van der Waals surface area (Å²) in [5.41, 5.74) is 0. The van der Waals surface area contributed by atoms with Crippen LogP contribution in [-0.4, -0.2) is 45.9 Å². The summed E-state index contributed by atoms with van der Waals surface area (Å²) in [4.78, 5) is 10.4. The zero-order valence-electron chi connectivity index (χ0n) is 8.38. The number of rotatable bonds is 9. The van der Waals surface area contributed by atoms with Gasteiger partial charge in [0.05, 0.1) is 13.2 Å². The highest BCUT2D eigenvalue weighted by Crippen LogP contribution is 1.85. The number of ketones is 1. The lowest BCUT2D eigenvalue weighted by Gasteiger charge is -2.03. The van der Waals surface area contributed by atoms with E-state index in [1.165, 1.54) is 6.92 Å². The van der Waals surface area contributed by atoms with Crippen LogP contribution in [0.25, 0.3) is 0 Å². The van der Waals surface area contributed by atoms with Crippen LogP contribution in [0.1, 0.15) is 13.3 Å². The molecule has 0 atom stereocenters. The largest absolute Gasteiger partial charge is 0.382 e. The Bertz CT molecular complexity index is 125. The van der Waals surface area contributed by atoms with Crippen LogP contribution in [0.4, 0.5) is 0 Å². The number of hydrogen-bond donors (Lipinski definition) is 0. The van der Waals surface area contributed by atoms with E-state index in [1.807, 2.05) is 0 Å². The average molecular weight is 190 g/mol. The Balaban J connectivity index is 2.87. The van der Waals surface area contributed by atoms with Gasteiger partial charge in [0.15, 0.2) is 5.78 Å². The Hall–Kier alpha value is -0.450. The van der Waals surface area contributed by atoms with Gasteiger partial charge in [-0.25, -0.2) is 0 Å². The van der Waals surface area contributed by atoms with Crippen molar-refractivity contribution in [3.63, 3.8) is 0 Å². The Labute approximate surface area is 79.2 Å². The van der Waals surface area contributed by atoms with E-state index in [0.717, 1.165) is 6.42 Å². The Morgan fingerprint density at radius 2 is 1.77 bits per heavy atom. The van der Waals surface area contributed by atoms with Crippen molar-refractivity contribution in [2.75, 3.05) is 40.1 Å². The molecule has 4 heteroatoms. The zero-order valence-corrected chi connectivity index (χ0v) is 8.38. The lowest BCUT2D eigenvalue weighted by Crippen LogP contribution is -2.08. The summed E-state index contributed by atoms with van der Waals surface area (Å²) >= 11 is 0. The van der Waals surface area contributed by atoms with Crippen LogP contribution in [0.3, 0.4) is 0 Å². The molecule has 0 aliphatic rings. The fourth-order valence-corrected chi connectivity index (χ4v) is 0.723. The maximum atomic E-state index is 10.4. The van der Waals surface area contributed by atoms with E-state index in [0.29, 0.717) is 26.4 Å². The fraction of sp³-hybridized carbons (Fsp3) is 0.889. The Kier molecular flexibility index (Phi) is 9.30. The first-order valence-electron chi connectivity index (χ1n) is 4.41. The van der Waals surface area contributed by atoms with Crippen molar-refractivity contribution in [2.24, 2.45) is 0 Å². The Morgan fingerprint density at radius 1 is 1.08 bits per heavy atom. The smallest absolute Gasteiger partial charge is 0.155 e. The first kappa shape index (κ1) is 12.6. The molecule has 0 aromatic heterocycles. The maximum absolute atomic E-state index is 10.4. The normalized spacial score (nSPS) is 10.3. The van der Waals surface area contributed by atoms with Crippen LogP contribution < -0.4 is 0 Å². The molecular weight excluding hydrogens is 172 g/mol. The highest BCUT2D eigenvalue weighted by atomic mass is 16.5. The van der Waals surface area contributed by atoms with Gasteiger partial charge >= 0.3 is 0 Å². The molecule has 0 aliphatic carbocycles. The van der Waals surface area contributed by atoms with Crippen molar-refractivity contribution in [1.82, 2.24) is 0 Å². The van der Waals surface area contributed by atoms with Crippen molar-refractivity contribution in [3.8, 4) is 0 Å². The molecule has 0 saturated heterocycles. The van der Waals surface area contributed by atoms with Gasteiger partial charge in [-0.15, -0.1) is 0 Å². The summed E-state index contributed by atoms with van der Waals surface area (Å²) in [6, 6.07) is 0. The predicted molar refractivity (Wildman–Crippen MR) is 48.8 cm³/mol. The molecule has 0 aromatic rings. The van der Waals surface area contributed by atoms with Crippen molar-refractivity contribution in [1.29, 1.82) is 0 Å². The minimum atomic E-state index is 0.0558. The van der Waals surface area contributed by atoms with Crippen LogP contribution in [0, 0.1) is 0 Å². The molecular formula is C9H18O4. The minimum Gasteiger partial charge on any atom is -0.382 e. The first-order chi connectivity index (χ1) is 6.27. The highest BCUT2D eigenvalue weighted by molar-refractivity contribution is 5.76. The monoisotopic (exact) mass is 190 g/mol. The molecule has 13 heavy (non-hydrogen) atoms. The number of carbonyl (C=O) groups is 1. The molecule has 0 aliphatic heterocycles. The molecule has 0 heterocycles. The second kappa shape index (κ2) is 9.64. The van der Waals surface area contributed by atoms with Crippen LogP contribution in [0.2, 0.25) is 0 Å². The van der Waals surface area contributed by atoms with E-state index in [2.05, 4.69) is 0 Å². The standard InChI is InChI=1S/C9H18O4/c1-9(10)8-13-5-3-4-12-7-6-11-2/h3-8H2,1-2H3. The summed E-state index contributed by atoms with van der Waals surface area (Å²) in [5, 5.41) is 0. The molecule has 0 fully saturated rings. The number of Topliss-reactive ketones (excluding diaryl/α,β-unsaturated/α-hetero) is 1. The quantitative estimate of drug-likeness (QED) is 0.501. The topological polar surface area (TPSA) is 44.8 Å². The third-order valence-electron chi connectivity index (χ3n) is 1.31. The molecule has 78 valence electrons. The zero-order chi connectivity index (χ0) is 9.94. The van der Waals surface area contributed by atoms with Gasteiger partial charge in [0.25, 0.3) is 0 Å². The molecule has 0 amide bonds. The molecule has 0 saturated carbocycles. The predicted octanol–water partition coefficient (Wildman–Crippen LogP) is 0.645. The molecule has 0 rings (SSSR count). The first-order valence-corrected chi connectivity index (χ1v) is 4.41. The van der Waals surface area contributed by atoms with E-state index >= 15 is 0 Å². The SMILES string of the molecule is COCCOCCCOCC(C)=O. The van der Waals surface area contributed by atoms with Crippen molar-refractivity contribution >= 4 is 5.78 Å². The van der Waals surface area contributed by atoms with Gasteiger partial charge in [-0.3, -0.25) is 4.79 Å². The minimum absolute atomic E-state index is 0.0558. The third kappa shape index (κ3) is 11.5. The number of carbonyl (C=O) groups excluding carboxylic acids is 1. The van der Waals surface area contributed by atoms with Gasteiger partial charge in [-0.1, -0.05) is 0 Å². The Morgan fingerprint density at radius 3 is 2.38 bits per heavy atom. The number of hydrogen-bond acceptors (Lipinski definition) is 4. The lowest BCUT2D eigenvalue weighted by molar-refractivity contribution is -0.121. The van der Waals surface area contributed by atoms with Crippen LogP contribution in [-0.2, 0) is 19.0 Å². The van der Waals surface area contributed by atoms with Crippen molar-refractivity contribution < 1.29 is 19.0 Å². The van der Waals surface area contributed by atoms with Gasteiger partial charge < -0.3 is 14.2 Å². The van der Waals surface area contributed by atoms with Gasteiger partial charge in [-0.2, -0.15) is 0 Å². The second-order valence-corrected chi connectivity index (χ2v) is 2.71. The summed E-state index contributed by atoms with van der Waals surface area (Å²) in [7, 11) is 1.64. The van der Waals surface area contributed by atoms with Crippen molar-refractivity contribution in [2.45, 2.75) is 13.3 Å². The van der Waals surface area contributed by atoms with Gasteiger partial charge in [0.1, 0.15) is 6.61 Å². The summed E-state index contributed by atoms with van der Waals surface area (Å²) in [6.45, 7) is 4.18. The molecule has 0 N–H and O–H groups in total. The van der Waals surface area contributed by atoms with E-state index in [4.69, 9.17) is 14.2 Å². The summed E-state index contributed by atoms with van der Waals surface area (Å²) < 4.78 is 15.0. The molecule has 0 unspecified atom stereocenters. The second-order valence-electron chi connectivity index (χ2n) is 2.71. The number of ether oxygens (including phenoxy) is 3. The third-order valence-corrected chi connectivity index (χ3v) is 1.31. The molecule has 0 radical (unpaired) electrons. The summed E-state index contributed by atoms with van der Waals surface area (Å²) in [6.07, 6.45) is 0.816. The molecule has 0 spiro atoms. The van der Waals surface area contributed by atoms with E-state index in [9.17, 15) is 4.79 Å². The molecule has 0 bridgehead atoms. The van der Waals surface area contributed by atoms with Crippen LogP contribution >= 0.6 is 0 Å². The van der Waals surface area contributed by atoms with Gasteiger partial charge in [0.2, 0.25) is 0 Å². The van der Waals surface area contributed by atoms with Gasteiger partial charge in [0, 0.05) is 20.3 Å². The summed E-state index contributed by atoms with van der Waals surface area (Å²) in [5.74, 6) is 0.0558. The average Bonchev–Trinajstić information content (AvgIpc) is 2.09. The molecule has 4 nitrogen and oxygen atoms in total. The van der Waals surface area contributed by atoms with Crippen LogP contribution in [0.15, 0.2) is 0 Å². The van der Waals surface area contributed by atoms with E-state index in [1.54, 1.807) is 7.11 Å². The number of methoxy groups -OCH3 is 1. The van der Waals surface area contributed by atoms with E-state index < -0.39 is 0 Å². The maximum Gasteiger partial charge on any atom is 0.155 e. The molecule has 0 aromatic carbocycles. The van der Waals surface area contributed by atoms with Gasteiger partial charge in [-0.05, 0) is 13.3 Å². The van der Waals surface area contributed by atoms with Crippen molar-refractivity contribution in [3.05, 3.63) is 0 Å². The van der Waals surface area contributed by atoms with E-state index in [-0.39, 0.29) is 12.4 Å². The van der Waals surface area contributed by atoms with Crippen LogP contribution in [0.5, 0.6) is 0 Å². The fourth-order valence-electron chi connectivity index (χ4n) is 0.723.